The Morgan fingerprint density at radius 1 is 1.53 bits per heavy atom. The molecule has 0 aliphatic carbocycles. The predicted octanol–water partition coefficient (Wildman–Crippen LogP) is 2.92. The van der Waals surface area contributed by atoms with Crippen LogP contribution in [0, 0.1) is 28.4 Å². The summed E-state index contributed by atoms with van der Waals surface area (Å²) in [6, 6.07) is 8.39. The van der Waals surface area contributed by atoms with Crippen LogP contribution in [0.25, 0.3) is 5.69 Å². The SMILES string of the molecule is Cc1nn(-c2ccccc2[N+](=O)[O-])c(Br)c1CC#N. The molecule has 0 saturated carbocycles. The Hall–Kier alpha value is -2.20. The maximum atomic E-state index is 11.0. The third-order valence-corrected chi connectivity index (χ3v) is 3.50. The average Bonchev–Trinajstić information content (AvgIpc) is 2.67. The molecule has 2 aromatic rings. The maximum Gasteiger partial charge on any atom is 0.294 e. The molecule has 0 N–H and O–H groups in total. The first kappa shape index (κ1) is 13.2. The molecule has 0 saturated heterocycles. The van der Waals surface area contributed by atoms with Crippen molar-refractivity contribution >= 4 is 21.6 Å². The van der Waals surface area contributed by atoms with Crippen molar-refractivity contribution in [2.45, 2.75) is 13.3 Å². The fourth-order valence-corrected chi connectivity index (χ4v) is 2.47. The molecule has 1 heterocycles. The molecule has 0 spiro atoms. The Bertz CT molecular complexity index is 688. The van der Waals surface area contributed by atoms with Crippen molar-refractivity contribution in [1.29, 1.82) is 5.26 Å². The van der Waals surface area contributed by atoms with Gasteiger partial charge in [0.05, 0.1) is 23.1 Å². The van der Waals surface area contributed by atoms with Crippen molar-refractivity contribution in [2.24, 2.45) is 0 Å². The molecule has 96 valence electrons. The Morgan fingerprint density at radius 3 is 2.84 bits per heavy atom. The van der Waals surface area contributed by atoms with Gasteiger partial charge >= 0.3 is 0 Å². The molecule has 0 radical (unpaired) electrons. The lowest BCUT2D eigenvalue weighted by molar-refractivity contribution is -0.384. The first-order valence-electron chi connectivity index (χ1n) is 5.41. The molecule has 6 nitrogen and oxygen atoms in total. The van der Waals surface area contributed by atoms with E-state index in [9.17, 15) is 10.1 Å². The van der Waals surface area contributed by atoms with Crippen molar-refractivity contribution in [3.63, 3.8) is 0 Å². The van der Waals surface area contributed by atoms with E-state index in [0.29, 0.717) is 16.0 Å². The van der Waals surface area contributed by atoms with Gasteiger partial charge in [-0.1, -0.05) is 12.1 Å². The second-order valence-electron chi connectivity index (χ2n) is 3.85. The van der Waals surface area contributed by atoms with Crippen molar-refractivity contribution < 1.29 is 4.92 Å². The summed E-state index contributed by atoms with van der Waals surface area (Å²) in [5.41, 5.74) is 1.74. The number of halogens is 1. The number of benzene rings is 1. The molecule has 0 fully saturated rings. The van der Waals surface area contributed by atoms with Gasteiger partial charge in [-0.3, -0.25) is 10.1 Å². The van der Waals surface area contributed by atoms with Gasteiger partial charge in [0.25, 0.3) is 5.69 Å². The Labute approximate surface area is 117 Å². The van der Waals surface area contributed by atoms with Gasteiger partial charge in [0, 0.05) is 11.6 Å². The monoisotopic (exact) mass is 320 g/mol. The topological polar surface area (TPSA) is 84.8 Å². The van der Waals surface area contributed by atoms with Gasteiger partial charge in [0.1, 0.15) is 10.3 Å². The first-order chi connectivity index (χ1) is 9.06. The van der Waals surface area contributed by atoms with E-state index >= 15 is 0 Å². The number of nitro benzene ring substituents is 1. The summed E-state index contributed by atoms with van der Waals surface area (Å²) in [4.78, 5) is 10.6. The number of hydrogen-bond donors (Lipinski definition) is 0. The lowest BCUT2D eigenvalue weighted by atomic mass is 10.2. The summed E-state index contributed by atoms with van der Waals surface area (Å²) in [5.74, 6) is 0. The van der Waals surface area contributed by atoms with Crippen LogP contribution in [-0.2, 0) is 6.42 Å². The van der Waals surface area contributed by atoms with Gasteiger partial charge in [-0.25, -0.2) is 4.68 Å². The van der Waals surface area contributed by atoms with Crippen LogP contribution in [0.4, 0.5) is 5.69 Å². The molecule has 0 aliphatic rings. The number of aromatic nitrogens is 2. The minimum Gasteiger partial charge on any atom is -0.258 e. The average molecular weight is 321 g/mol. The Kier molecular flexibility index (Phi) is 3.62. The summed E-state index contributed by atoms with van der Waals surface area (Å²) in [6.45, 7) is 1.77. The van der Waals surface area contributed by atoms with Gasteiger partial charge in [-0.2, -0.15) is 10.4 Å². The van der Waals surface area contributed by atoms with Crippen LogP contribution in [0.1, 0.15) is 11.3 Å². The van der Waals surface area contributed by atoms with Gasteiger partial charge in [-0.15, -0.1) is 0 Å². The number of rotatable bonds is 3. The molecule has 0 amide bonds. The minimum absolute atomic E-state index is 0.0331. The van der Waals surface area contributed by atoms with Crippen LogP contribution < -0.4 is 0 Å². The highest BCUT2D eigenvalue weighted by molar-refractivity contribution is 9.10. The predicted molar refractivity (Wildman–Crippen MR) is 72.0 cm³/mol. The molecular formula is C12H9BrN4O2. The molecule has 0 aliphatic heterocycles. The number of para-hydroxylation sites is 2. The van der Waals surface area contributed by atoms with Crippen molar-refractivity contribution in [3.8, 4) is 11.8 Å². The highest BCUT2D eigenvalue weighted by Gasteiger charge is 2.20. The third kappa shape index (κ3) is 2.35. The van der Waals surface area contributed by atoms with Crippen LogP contribution in [0.3, 0.4) is 0 Å². The molecule has 19 heavy (non-hydrogen) atoms. The number of hydrogen-bond acceptors (Lipinski definition) is 4. The maximum absolute atomic E-state index is 11.0. The van der Waals surface area contributed by atoms with E-state index in [0.717, 1.165) is 5.56 Å². The second-order valence-corrected chi connectivity index (χ2v) is 4.60. The lowest BCUT2D eigenvalue weighted by Gasteiger charge is -2.04. The summed E-state index contributed by atoms with van der Waals surface area (Å²) in [6.07, 6.45) is 0.201. The number of nitriles is 1. The van der Waals surface area contributed by atoms with E-state index in [2.05, 4.69) is 27.1 Å². The molecular weight excluding hydrogens is 312 g/mol. The molecule has 7 heteroatoms. The minimum atomic E-state index is -0.456. The van der Waals surface area contributed by atoms with Crippen LogP contribution in [0.15, 0.2) is 28.9 Å². The molecule has 1 aromatic heterocycles. The Balaban J connectivity index is 2.64. The van der Waals surface area contributed by atoms with E-state index < -0.39 is 4.92 Å². The third-order valence-electron chi connectivity index (χ3n) is 2.68. The van der Waals surface area contributed by atoms with Gasteiger partial charge in [-0.05, 0) is 28.9 Å². The normalized spacial score (nSPS) is 10.2. The quantitative estimate of drug-likeness (QED) is 0.642. The first-order valence-corrected chi connectivity index (χ1v) is 6.20. The second kappa shape index (κ2) is 5.20. The molecule has 0 atom stereocenters. The molecule has 0 unspecified atom stereocenters. The molecule has 0 bridgehead atoms. The van der Waals surface area contributed by atoms with Crippen molar-refractivity contribution in [2.75, 3.05) is 0 Å². The van der Waals surface area contributed by atoms with E-state index in [1.807, 2.05) is 0 Å². The van der Waals surface area contributed by atoms with E-state index in [-0.39, 0.29) is 12.1 Å². The largest absolute Gasteiger partial charge is 0.294 e. The summed E-state index contributed by atoms with van der Waals surface area (Å²) < 4.78 is 2.01. The fraction of sp³-hybridized carbons (Fsp3) is 0.167. The zero-order chi connectivity index (χ0) is 14.0. The summed E-state index contributed by atoms with van der Waals surface area (Å²) in [7, 11) is 0. The fourth-order valence-electron chi connectivity index (χ4n) is 1.77. The van der Waals surface area contributed by atoms with E-state index in [1.54, 1.807) is 25.1 Å². The molecule has 1 aromatic carbocycles. The van der Waals surface area contributed by atoms with Gasteiger partial charge in [0.15, 0.2) is 0 Å². The number of nitro groups is 1. The van der Waals surface area contributed by atoms with Crippen LogP contribution >= 0.6 is 15.9 Å². The number of aryl methyl sites for hydroxylation is 1. The zero-order valence-electron chi connectivity index (χ0n) is 10.00. The van der Waals surface area contributed by atoms with Gasteiger partial charge < -0.3 is 0 Å². The zero-order valence-corrected chi connectivity index (χ0v) is 11.6. The number of nitrogens with zero attached hydrogens (tertiary/aromatic N) is 4. The van der Waals surface area contributed by atoms with Crippen molar-refractivity contribution in [3.05, 3.63) is 50.2 Å². The lowest BCUT2D eigenvalue weighted by Crippen LogP contribution is -2.02. The standard InChI is InChI=1S/C12H9BrN4O2/c1-8-9(6-7-14)12(13)16(15-8)10-4-2-3-5-11(10)17(18)19/h2-5H,6H2,1H3. The summed E-state index contributed by atoms with van der Waals surface area (Å²) in [5, 5.41) is 24.1. The van der Waals surface area contributed by atoms with Crippen LogP contribution in [0.2, 0.25) is 0 Å². The van der Waals surface area contributed by atoms with Crippen LogP contribution in [-0.4, -0.2) is 14.7 Å². The smallest absolute Gasteiger partial charge is 0.258 e. The van der Waals surface area contributed by atoms with E-state index in [4.69, 9.17) is 5.26 Å². The van der Waals surface area contributed by atoms with Crippen LogP contribution in [0.5, 0.6) is 0 Å². The van der Waals surface area contributed by atoms with Gasteiger partial charge in [0.2, 0.25) is 0 Å². The highest BCUT2D eigenvalue weighted by atomic mass is 79.9. The molecule has 2 rings (SSSR count). The summed E-state index contributed by atoms with van der Waals surface area (Å²) >= 11 is 3.35. The van der Waals surface area contributed by atoms with Crippen molar-refractivity contribution in [1.82, 2.24) is 9.78 Å². The van der Waals surface area contributed by atoms with E-state index in [1.165, 1.54) is 10.7 Å². The highest BCUT2D eigenvalue weighted by Crippen LogP contribution is 2.29. The Morgan fingerprint density at radius 2 is 2.21 bits per heavy atom.